The van der Waals surface area contributed by atoms with E-state index in [0.717, 1.165) is 0 Å². The van der Waals surface area contributed by atoms with Crippen molar-refractivity contribution in [3.8, 4) is 5.75 Å². The Hall–Kier alpha value is -1.73. The topological polar surface area (TPSA) is 52.8 Å². The summed E-state index contributed by atoms with van der Waals surface area (Å²) in [4.78, 5) is 8.48. The first-order chi connectivity index (χ1) is 10.0. The Morgan fingerprint density at radius 1 is 1.33 bits per heavy atom. The van der Waals surface area contributed by atoms with Gasteiger partial charge in [-0.1, -0.05) is 27.5 Å². The Bertz CT molecular complexity index is 803. The zero-order chi connectivity index (χ0) is 15.0. The number of nitrogens with zero attached hydrogens (tertiary/aromatic N) is 4. The molecule has 21 heavy (non-hydrogen) atoms. The van der Waals surface area contributed by atoms with Crippen LogP contribution in [0.4, 0.5) is 4.39 Å². The lowest BCUT2D eigenvalue weighted by Gasteiger charge is -2.07. The third kappa shape index (κ3) is 2.98. The molecule has 3 rings (SSSR count). The van der Waals surface area contributed by atoms with E-state index >= 15 is 0 Å². The van der Waals surface area contributed by atoms with Crippen molar-refractivity contribution >= 4 is 38.6 Å². The van der Waals surface area contributed by atoms with E-state index in [-0.39, 0.29) is 12.4 Å². The summed E-state index contributed by atoms with van der Waals surface area (Å²) >= 11 is 9.28. The molecule has 0 atom stereocenters. The van der Waals surface area contributed by atoms with Crippen molar-refractivity contribution in [3.05, 3.63) is 45.7 Å². The molecule has 0 bridgehead atoms. The van der Waals surface area contributed by atoms with Crippen LogP contribution in [0, 0.1) is 5.82 Å². The fraction of sp³-hybridized carbons (Fsp3) is 0.154. The lowest BCUT2D eigenvalue weighted by atomic mass is 10.3. The van der Waals surface area contributed by atoms with Gasteiger partial charge in [-0.25, -0.2) is 14.4 Å². The molecule has 0 aliphatic rings. The molecule has 0 N–H and O–H groups in total. The van der Waals surface area contributed by atoms with Crippen molar-refractivity contribution in [2.24, 2.45) is 7.05 Å². The first-order valence-electron chi connectivity index (χ1n) is 5.96. The van der Waals surface area contributed by atoms with E-state index in [1.807, 2.05) is 0 Å². The minimum absolute atomic E-state index is 0.0801. The molecule has 0 aliphatic heterocycles. The van der Waals surface area contributed by atoms with Crippen LogP contribution in [0.15, 0.2) is 28.9 Å². The molecule has 0 spiro atoms. The van der Waals surface area contributed by atoms with E-state index in [2.05, 4.69) is 31.0 Å². The zero-order valence-electron chi connectivity index (χ0n) is 10.8. The van der Waals surface area contributed by atoms with Crippen LogP contribution in [0.2, 0.25) is 5.15 Å². The van der Waals surface area contributed by atoms with Gasteiger partial charge in [-0.3, -0.25) is 4.68 Å². The number of hydrogen-bond acceptors (Lipinski definition) is 4. The number of aromatic nitrogens is 4. The quantitative estimate of drug-likeness (QED) is 0.661. The maximum absolute atomic E-state index is 13.3. The Morgan fingerprint density at radius 3 is 2.90 bits per heavy atom. The summed E-state index contributed by atoms with van der Waals surface area (Å²) in [6, 6.07) is 4.30. The average molecular weight is 372 g/mol. The standard InChI is InChI=1S/C13H9BrClFN4O/c1-20-13-10(5-17-20)12(15)18-11(19-13)6-21-9-3-7(14)2-8(16)4-9/h2-5H,6H2,1H3. The van der Waals surface area contributed by atoms with Crippen molar-refractivity contribution in [2.45, 2.75) is 6.61 Å². The lowest BCUT2D eigenvalue weighted by molar-refractivity contribution is 0.294. The van der Waals surface area contributed by atoms with Gasteiger partial charge < -0.3 is 4.74 Å². The minimum Gasteiger partial charge on any atom is -0.485 e. The van der Waals surface area contributed by atoms with Gasteiger partial charge in [0.25, 0.3) is 0 Å². The second-order valence-corrected chi connectivity index (χ2v) is 5.60. The molecule has 108 valence electrons. The first kappa shape index (κ1) is 14.2. The monoisotopic (exact) mass is 370 g/mol. The highest BCUT2D eigenvalue weighted by molar-refractivity contribution is 9.10. The summed E-state index contributed by atoms with van der Waals surface area (Å²) in [7, 11) is 1.76. The Morgan fingerprint density at radius 2 is 2.14 bits per heavy atom. The highest BCUT2D eigenvalue weighted by Crippen LogP contribution is 2.22. The molecular formula is C13H9BrClFN4O. The van der Waals surface area contributed by atoms with Gasteiger partial charge >= 0.3 is 0 Å². The normalized spacial score (nSPS) is 11.0. The second-order valence-electron chi connectivity index (χ2n) is 4.33. The molecule has 0 unspecified atom stereocenters. The molecule has 0 fully saturated rings. The predicted octanol–water partition coefficient (Wildman–Crippen LogP) is 3.50. The third-order valence-electron chi connectivity index (χ3n) is 2.80. The summed E-state index contributed by atoms with van der Waals surface area (Å²) in [6.45, 7) is 0.0801. The molecule has 2 aromatic heterocycles. The van der Waals surface area contributed by atoms with Crippen LogP contribution in [0.1, 0.15) is 5.82 Å². The number of aryl methyl sites for hydroxylation is 1. The molecule has 8 heteroatoms. The van der Waals surface area contributed by atoms with Gasteiger partial charge in [-0.2, -0.15) is 5.10 Å². The van der Waals surface area contributed by atoms with E-state index in [9.17, 15) is 4.39 Å². The van der Waals surface area contributed by atoms with Gasteiger partial charge in [0.05, 0.1) is 11.6 Å². The molecule has 0 saturated carbocycles. The second kappa shape index (κ2) is 5.57. The fourth-order valence-electron chi connectivity index (χ4n) is 1.85. The largest absolute Gasteiger partial charge is 0.485 e. The Kier molecular flexibility index (Phi) is 3.77. The lowest BCUT2D eigenvalue weighted by Crippen LogP contribution is -2.04. The molecule has 0 aliphatic carbocycles. The van der Waals surface area contributed by atoms with E-state index < -0.39 is 0 Å². The predicted molar refractivity (Wildman–Crippen MR) is 79.7 cm³/mol. The van der Waals surface area contributed by atoms with Crippen molar-refractivity contribution in [1.29, 1.82) is 0 Å². The molecule has 0 saturated heterocycles. The van der Waals surface area contributed by atoms with Gasteiger partial charge in [0, 0.05) is 17.6 Å². The van der Waals surface area contributed by atoms with Crippen LogP contribution in [-0.2, 0) is 13.7 Å². The summed E-state index contributed by atoms with van der Waals surface area (Å²) in [6.07, 6.45) is 1.60. The first-order valence-corrected chi connectivity index (χ1v) is 7.13. The summed E-state index contributed by atoms with van der Waals surface area (Å²) in [5.41, 5.74) is 0.619. The fourth-order valence-corrected chi connectivity index (χ4v) is 2.53. The molecule has 1 aromatic carbocycles. The van der Waals surface area contributed by atoms with Gasteiger partial charge in [0.1, 0.15) is 23.3 Å². The maximum atomic E-state index is 13.3. The van der Waals surface area contributed by atoms with Crippen LogP contribution in [0.3, 0.4) is 0 Å². The molecule has 0 radical (unpaired) electrons. The smallest absolute Gasteiger partial charge is 0.170 e. The van der Waals surface area contributed by atoms with E-state index in [0.29, 0.717) is 32.2 Å². The number of benzene rings is 1. The molecular weight excluding hydrogens is 363 g/mol. The minimum atomic E-state index is -0.389. The van der Waals surface area contributed by atoms with E-state index in [4.69, 9.17) is 16.3 Å². The third-order valence-corrected chi connectivity index (χ3v) is 3.54. The van der Waals surface area contributed by atoms with Gasteiger partial charge in [0.15, 0.2) is 11.5 Å². The van der Waals surface area contributed by atoms with Crippen LogP contribution in [0.25, 0.3) is 11.0 Å². The number of halogens is 3. The number of hydrogen-bond donors (Lipinski definition) is 0. The van der Waals surface area contributed by atoms with Crippen molar-refractivity contribution in [1.82, 2.24) is 19.7 Å². The Labute approximate surface area is 132 Å². The van der Waals surface area contributed by atoms with Gasteiger partial charge in [-0.15, -0.1) is 0 Å². The number of ether oxygens (including phenoxy) is 1. The average Bonchev–Trinajstić information content (AvgIpc) is 2.78. The van der Waals surface area contributed by atoms with Gasteiger partial charge in [-0.05, 0) is 12.1 Å². The number of rotatable bonds is 3. The summed E-state index contributed by atoms with van der Waals surface area (Å²) in [5, 5.41) is 5.06. The van der Waals surface area contributed by atoms with Crippen LogP contribution < -0.4 is 4.74 Å². The van der Waals surface area contributed by atoms with E-state index in [1.54, 1.807) is 24.0 Å². The maximum Gasteiger partial charge on any atom is 0.170 e. The van der Waals surface area contributed by atoms with Crippen LogP contribution in [-0.4, -0.2) is 19.7 Å². The zero-order valence-corrected chi connectivity index (χ0v) is 13.2. The molecule has 5 nitrogen and oxygen atoms in total. The molecule has 3 aromatic rings. The summed E-state index contributed by atoms with van der Waals surface area (Å²) < 4.78 is 21.0. The highest BCUT2D eigenvalue weighted by atomic mass is 79.9. The van der Waals surface area contributed by atoms with Crippen molar-refractivity contribution in [3.63, 3.8) is 0 Å². The SMILES string of the molecule is Cn1ncc2c(Cl)nc(COc3cc(F)cc(Br)c3)nc21. The highest BCUT2D eigenvalue weighted by Gasteiger charge is 2.10. The summed E-state index contributed by atoms with van der Waals surface area (Å²) in [5.74, 6) is 0.392. The van der Waals surface area contributed by atoms with Crippen LogP contribution in [0.5, 0.6) is 5.75 Å². The number of fused-ring (bicyclic) bond motifs is 1. The molecule has 2 heterocycles. The van der Waals surface area contributed by atoms with Crippen molar-refractivity contribution in [2.75, 3.05) is 0 Å². The van der Waals surface area contributed by atoms with Crippen molar-refractivity contribution < 1.29 is 9.13 Å². The molecule has 0 amide bonds. The Balaban J connectivity index is 1.86. The van der Waals surface area contributed by atoms with Crippen LogP contribution >= 0.6 is 27.5 Å². The van der Waals surface area contributed by atoms with E-state index in [1.165, 1.54) is 12.1 Å². The van der Waals surface area contributed by atoms with Gasteiger partial charge in [0.2, 0.25) is 0 Å².